The number of benzene rings is 3. The number of rotatable bonds is 7. The highest BCUT2D eigenvalue weighted by molar-refractivity contribution is 7.92. The van der Waals surface area contributed by atoms with Crippen LogP contribution in [0, 0.1) is 0 Å². The minimum Gasteiger partial charge on any atom is -0.493 e. The molecule has 0 radical (unpaired) electrons. The summed E-state index contributed by atoms with van der Waals surface area (Å²) in [5.41, 5.74) is 1.15. The molecule has 0 aliphatic carbocycles. The van der Waals surface area contributed by atoms with Gasteiger partial charge in [0.15, 0.2) is 17.6 Å². The fourth-order valence-corrected chi connectivity index (χ4v) is 5.41. The van der Waals surface area contributed by atoms with Gasteiger partial charge in [0.05, 0.1) is 37.4 Å². The van der Waals surface area contributed by atoms with Gasteiger partial charge in [-0.2, -0.15) is 0 Å². The number of fused-ring (bicyclic) bond motifs is 1. The fourth-order valence-electron chi connectivity index (χ4n) is 3.81. The molecule has 2 atom stereocenters. The quantitative estimate of drug-likeness (QED) is 0.506. The lowest BCUT2D eigenvalue weighted by atomic mass is 10.1. The number of halogens is 1. The number of hydrogen-bond acceptors (Lipinski definition) is 6. The molecule has 4 rings (SSSR count). The lowest BCUT2D eigenvalue weighted by Gasteiger charge is -2.35. The van der Waals surface area contributed by atoms with Crippen molar-refractivity contribution in [2.45, 2.75) is 24.0 Å². The normalized spacial score (nSPS) is 16.0. The van der Waals surface area contributed by atoms with Crippen LogP contribution in [0.4, 0.5) is 5.69 Å². The molecule has 3 aromatic carbocycles. The van der Waals surface area contributed by atoms with E-state index in [0.29, 0.717) is 28.0 Å². The topological polar surface area (TPSA) is 94.2 Å². The van der Waals surface area contributed by atoms with Crippen LogP contribution in [0.2, 0.25) is 5.02 Å². The van der Waals surface area contributed by atoms with Gasteiger partial charge < -0.3 is 19.5 Å². The summed E-state index contributed by atoms with van der Waals surface area (Å²) in [6, 6.07) is 17.6. The maximum absolute atomic E-state index is 13.5. The Kier molecular flexibility index (Phi) is 7.09. The van der Waals surface area contributed by atoms with Crippen molar-refractivity contribution in [3.8, 4) is 17.2 Å². The van der Waals surface area contributed by atoms with Crippen LogP contribution in [0.5, 0.6) is 17.2 Å². The Morgan fingerprint density at radius 3 is 2.43 bits per heavy atom. The number of anilines is 1. The van der Waals surface area contributed by atoms with Gasteiger partial charge in [0, 0.05) is 5.02 Å². The highest BCUT2D eigenvalue weighted by atomic mass is 35.5. The van der Waals surface area contributed by atoms with Crippen molar-refractivity contribution in [2.24, 2.45) is 0 Å². The van der Waals surface area contributed by atoms with Crippen LogP contribution in [0.3, 0.4) is 0 Å². The van der Waals surface area contributed by atoms with Crippen molar-refractivity contribution in [1.82, 2.24) is 5.32 Å². The first-order valence-corrected chi connectivity index (χ1v) is 12.6. The SMILES string of the molecule is COc1ccc([C@H](C)NC(=O)[C@H]2CN(S(=O)(=O)c3ccc(Cl)cc3)c3ccccc3O2)cc1OC. The average molecular weight is 517 g/mol. The van der Waals surface area contributed by atoms with E-state index in [-0.39, 0.29) is 11.4 Å². The third-order valence-corrected chi connectivity index (χ3v) is 7.74. The summed E-state index contributed by atoms with van der Waals surface area (Å²) in [5.74, 6) is 0.965. The van der Waals surface area contributed by atoms with Crippen LogP contribution in [0.25, 0.3) is 0 Å². The smallest absolute Gasteiger partial charge is 0.264 e. The number of hydrogen-bond donors (Lipinski definition) is 1. The van der Waals surface area contributed by atoms with Gasteiger partial charge in [-0.3, -0.25) is 9.10 Å². The lowest BCUT2D eigenvalue weighted by Crippen LogP contribution is -2.51. The van der Waals surface area contributed by atoms with Gasteiger partial charge in [-0.1, -0.05) is 29.8 Å². The van der Waals surface area contributed by atoms with E-state index in [4.69, 9.17) is 25.8 Å². The number of amides is 1. The second kappa shape index (κ2) is 10.1. The van der Waals surface area contributed by atoms with E-state index in [9.17, 15) is 13.2 Å². The number of nitrogens with one attached hydrogen (secondary N) is 1. The first kappa shape index (κ1) is 24.7. The largest absolute Gasteiger partial charge is 0.493 e. The van der Waals surface area contributed by atoms with Crippen LogP contribution in [-0.2, 0) is 14.8 Å². The Morgan fingerprint density at radius 2 is 1.74 bits per heavy atom. The Labute approximate surface area is 209 Å². The van der Waals surface area contributed by atoms with E-state index in [1.807, 2.05) is 13.0 Å². The Bertz CT molecular complexity index is 1330. The third kappa shape index (κ3) is 5.01. The standard InChI is InChI=1S/C25H25ClN2O6S/c1-16(17-8-13-22(32-2)23(14-17)33-3)27-25(29)24-15-28(20-6-4-5-7-21(20)34-24)35(30,31)19-11-9-18(26)10-12-19/h4-14,16,24H,15H2,1-3H3,(H,27,29)/t16-,24+/m0/s1. The second-order valence-corrected chi connectivity index (χ2v) is 10.2. The van der Waals surface area contributed by atoms with Gasteiger partial charge in [-0.15, -0.1) is 0 Å². The van der Waals surface area contributed by atoms with E-state index in [2.05, 4.69) is 5.32 Å². The highest BCUT2D eigenvalue weighted by Crippen LogP contribution is 2.37. The molecule has 1 N–H and O–H groups in total. The first-order chi connectivity index (χ1) is 16.7. The maximum Gasteiger partial charge on any atom is 0.264 e. The van der Waals surface area contributed by atoms with E-state index in [1.165, 1.54) is 35.7 Å². The maximum atomic E-state index is 13.5. The monoisotopic (exact) mass is 516 g/mol. The van der Waals surface area contributed by atoms with Crippen LogP contribution < -0.4 is 23.8 Å². The summed E-state index contributed by atoms with van der Waals surface area (Å²) in [7, 11) is -0.890. The molecule has 0 unspecified atom stereocenters. The average Bonchev–Trinajstić information content (AvgIpc) is 2.87. The molecule has 184 valence electrons. The minimum absolute atomic E-state index is 0.0662. The Morgan fingerprint density at radius 1 is 1.06 bits per heavy atom. The first-order valence-electron chi connectivity index (χ1n) is 10.8. The molecule has 35 heavy (non-hydrogen) atoms. The van der Waals surface area contributed by atoms with Gasteiger partial charge in [-0.05, 0) is 61.0 Å². The molecule has 0 spiro atoms. The molecule has 1 amide bonds. The van der Waals surface area contributed by atoms with Gasteiger partial charge in [0.25, 0.3) is 15.9 Å². The van der Waals surface area contributed by atoms with Gasteiger partial charge >= 0.3 is 0 Å². The van der Waals surface area contributed by atoms with Crippen molar-refractivity contribution in [2.75, 3.05) is 25.1 Å². The number of carbonyl (C=O) groups excluding carboxylic acids is 1. The van der Waals surface area contributed by atoms with E-state index >= 15 is 0 Å². The third-order valence-electron chi connectivity index (χ3n) is 5.70. The molecule has 8 nitrogen and oxygen atoms in total. The molecule has 1 aliphatic rings. The molecule has 0 saturated heterocycles. The predicted octanol–water partition coefficient (Wildman–Crippen LogP) is 4.19. The lowest BCUT2D eigenvalue weighted by molar-refractivity contribution is -0.128. The fraction of sp³-hybridized carbons (Fsp3) is 0.240. The number of ether oxygens (including phenoxy) is 3. The summed E-state index contributed by atoms with van der Waals surface area (Å²) in [5, 5.41) is 3.33. The summed E-state index contributed by atoms with van der Waals surface area (Å²) < 4.78 is 44.7. The van der Waals surface area contributed by atoms with Gasteiger partial charge in [0.2, 0.25) is 0 Å². The zero-order chi connectivity index (χ0) is 25.2. The molecule has 1 aliphatic heterocycles. The number of methoxy groups -OCH3 is 2. The van der Waals surface area contributed by atoms with Gasteiger partial charge in [0.1, 0.15) is 5.75 Å². The summed E-state index contributed by atoms with van der Waals surface area (Å²) in [6.45, 7) is 1.63. The van der Waals surface area contributed by atoms with E-state index < -0.39 is 28.1 Å². The van der Waals surface area contributed by atoms with Crippen LogP contribution in [0.1, 0.15) is 18.5 Å². The zero-order valence-electron chi connectivity index (χ0n) is 19.4. The minimum atomic E-state index is -3.97. The number of carbonyl (C=O) groups is 1. The van der Waals surface area contributed by atoms with Crippen molar-refractivity contribution in [1.29, 1.82) is 0 Å². The van der Waals surface area contributed by atoms with Crippen LogP contribution in [0.15, 0.2) is 71.6 Å². The molecule has 0 bridgehead atoms. The highest BCUT2D eigenvalue weighted by Gasteiger charge is 2.37. The second-order valence-electron chi connectivity index (χ2n) is 7.91. The molecular weight excluding hydrogens is 492 g/mol. The van der Waals surface area contributed by atoms with Crippen molar-refractivity contribution in [3.63, 3.8) is 0 Å². The molecule has 0 fully saturated rings. The molecule has 0 saturated carbocycles. The molecular formula is C25H25ClN2O6S. The van der Waals surface area contributed by atoms with Crippen molar-refractivity contribution in [3.05, 3.63) is 77.3 Å². The summed E-state index contributed by atoms with van der Waals surface area (Å²) >= 11 is 5.93. The molecule has 1 heterocycles. The van der Waals surface area contributed by atoms with Crippen molar-refractivity contribution < 1.29 is 27.4 Å². The number of sulfonamides is 1. The van der Waals surface area contributed by atoms with E-state index in [1.54, 1.807) is 43.5 Å². The summed E-state index contributed by atoms with van der Waals surface area (Å²) in [6.07, 6.45) is -1.06. The number of nitrogens with zero attached hydrogens (tertiary/aromatic N) is 1. The zero-order valence-corrected chi connectivity index (χ0v) is 21.0. The Hall–Kier alpha value is -3.43. The van der Waals surface area contributed by atoms with Crippen LogP contribution in [-0.4, -0.2) is 41.2 Å². The summed E-state index contributed by atoms with van der Waals surface area (Å²) in [4.78, 5) is 13.3. The molecule has 3 aromatic rings. The molecule has 0 aromatic heterocycles. The van der Waals surface area contributed by atoms with Gasteiger partial charge in [-0.25, -0.2) is 8.42 Å². The Balaban J connectivity index is 1.59. The molecule has 10 heteroatoms. The predicted molar refractivity (Wildman–Crippen MR) is 133 cm³/mol. The van der Waals surface area contributed by atoms with E-state index in [0.717, 1.165) is 5.56 Å². The number of para-hydroxylation sites is 2. The van der Waals surface area contributed by atoms with Crippen LogP contribution >= 0.6 is 11.6 Å². The van der Waals surface area contributed by atoms with Crippen molar-refractivity contribution >= 4 is 33.2 Å².